The van der Waals surface area contributed by atoms with E-state index in [0.29, 0.717) is 14.5 Å². The largest absolute Gasteiger partial charge is 0.506 e. The molecule has 3 aromatic rings. The third-order valence-electron chi connectivity index (χ3n) is 3.43. The Morgan fingerprint density at radius 2 is 1.67 bits per heavy atom. The van der Waals surface area contributed by atoms with Gasteiger partial charge in [0.05, 0.1) is 15.2 Å². The van der Waals surface area contributed by atoms with Crippen LogP contribution in [0.4, 0.5) is 0 Å². The molecule has 3 aromatic carbocycles. The van der Waals surface area contributed by atoms with E-state index in [1.807, 2.05) is 36.4 Å². The third-order valence-corrected chi connectivity index (χ3v) is 4.64. The number of hydrogen-bond acceptors (Lipinski definition) is 3. The summed E-state index contributed by atoms with van der Waals surface area (Å²) in [5, 5.41) is 15.7. The molecule has 0 aliphatic heterocycles. The first-order valence-corrected chi connectivity index (χ1v) is 8.63. The summed E-state index contributed by atoms with van der Waals surface area (Å²) >= 11 is 6.50. The van der Waals surface area contributed by atoms with E-state index in [1.165, 1.54) is 6.21 Å². The van der Waals surface area contributed by atoms with E-state index in [-0.39, 0.29) is 11.7 Å². The van der Waals surface area contributed by atoms with Crippen LogP contribution in [0.5, 0.6) is 5.75 Å². The number of nitrogens with one attached hydrogen (secondary N) is 1. The summed E-state index contributed by atoms with van der Waals surface area (Å²) in [7, 11) is 0. The van der Waals surface area contributed by atoms with Gasteiger partial charge in [0.2, 0.25) is 0 Å². The van der Waals surface area contributed by atoms with E-state index < -0.39 is 0 Å². The molecule has 0 heterocycles. The van der Waals surface area contributed by atoms with Gasteiger partial charge in [0.25, 0.3) is 5.91 Å². The lowest BCUT2D eigenvalue weighted by molar-refractivity contribution is 0.0955. The van der Waals surface area contributed by atoms with E-state index in [2.05, 4.69) is 42.4 Å². The van der Waals surface area contributed by atoms with Gasteiger partial charge in [-0.2, -0.15) is 5.10 Å². The first-order valence-electron chi connectivity index (χ1n) is 7.05. The second-order valence-corrected chi connectivity index (χ2v) is 6.80. The number of hydrogen-bond donors (Lipinski definition) is 2. The number of amides is 1. The summed E-state index contributed by atoms with van der Waals surface area (Å²) in [6.45, 7) is 0. The summed E-state index contributed by atoms with van der Waals surface area (Å²) in [6.07, 6.45) is 1.51. The maximum absolute atomic E-state index is 12.2. The van der Waals surface area contributed by atoms with Gasteiger partial charge in [-0.1, -0.05) is 30.3 Å². The van der Waals surface area contributed by atoms with Crippen LogP contribution in [0.2, 0.25) is 0 Å². The molecular formula is C18H12Br2N2O2. The molecule has 24 heavy (non-hydrogen) atoms. The highest BCUT2D eigenvalue weighted by atomic mass is 79.9. The lowest BCUT2D eigenvalue weighted by Crippen LogP contribution is -2.17. The molecule has 2 N–H and O–H groups in total. The van der Waals surface area contributed by atoms with Crippen LogP contribution < -0.4 is 5.43 Å². The number of fused-ring (bicyclic) bond motifs is 1. The molecule has 0 aromatic heterocycles. The molecule has 0 atom stereocenters. The predicted molar refractivity (Wildman–Crippen MR) is 103 cm³/mol. The van der Waals surface area contributed by atoms with Gasteiger partial charge in [-0.3, -0.25) is 4.79 Å². The molecule has 4 nitrogen and oxygen atoms in total. The molecule has 0 unspecified atom stereocenters. The van der Waals surface area contributed by atoms with Crippen molar-refractivity contribution in [1.29, 1.82) is 0 Å². The van der Waals surface area contributed by atoms with Gasteiger partial charge in [-0.15, -0.1) is 0 Å². The van der Waals surface area contributed by atoms with Crippen LogP contribution in [-0.2, 0) is 0 Å². The fourth-order valence-electron chi connectivity index (χ4n) is 2.22. The van der Waals surface area contributed by atoms with E-state index in [0.717, 1.165) is 16.3 Å². The minimum absolute atomic E-state index is 0.118. The van der Waals surface area contributed by atoms with Gasteiger partial charge in [0, 0.05) is 5.56 Å². The van der Waals surface area contributed by atoms with Gasteiger partial charge in [-0.25, -0.2) is 5.43 Å². The highest BCUT2D eigenvalue weighted by Gasteiger charge is 2.06. The van der Waals surface area contributed by atoms with Crippen molar-refractivity contribution in [3.8, 4) is 5.75 Å². The van der Waals surface area contributed by atoms with Crippen LogP contribution in [0.1, 0.15) is 15.9 Å². The zero-order valence-corrected chi connectivity index (χ0v) is 15.5. The van der Waals surface area contributed by atoms with E-state index in [4.69, 9.17) is 0 Å². The van der Waals surface area contributed by atoms with Crippen LogP contribution in [0.15, 0.2) is 68.6 Å². The fraction of sp³-hybridized carbons (Fsp3) is 0. The Balaban J connectivity index is 1.74. The second kappa shape index (κ2) is 7.15. The number of nitrogens with zero attached hydrogens (tertiary/aromatic N) is 1. The predicted octanol–water partition coefficient (Wildman–Crippen LogP) is 4.83. The van der Waals surface area contributed by atoms with Crippen LogP contribution in [-0.4, -0.2) is 17.2 Å². The van der Waals surface area contributed by atoms with Crippen molar-refractivity contribution in [2.45, 2.75) is 0 Å². The maximum atomic E-state index is 12.2. The standard InChI is InChI=1S/C18H12Br2N2O2/c19-15-7-11(8-16(20)17(15)23)10-21-22-18(24)14-6-5-12-3-1-2-4-13(12)9-14/h1-10,23H,(H,22,24). The zero-order chi connectivity index (χ0) is 17.1. The molecule has 0 bridgehead atoms. The Morgan fingerprint density at radius 3 is 2.38 bits per heavy atom. The van der Waals surface area contributed by atoms with Crippen LogP contribution in [0.3, 0.4) is 0 Å². The van der Waals surface area contributed by atoms with E-state index >= 15 is 0 Å². The topological polar surface area (TPSA) is 61.7 Å². The molecule has 0 aliphatic carbocycles. The van der Waals surface area contributed by atoms with Crippen molar-refractivity contribution in [2.75, 3.05) is 0 Å². The van der Waals surface area contributed by atoms with Gasteiger partial charge >= 0.3 is 0 Å². The number of phenols is 1. The molecular weight excluding hydrogens is 436 g/mol. The molecule has 3 rings (SSSR count). The Kier molecular flexibility index (Phi) is 4.97. The molecule has 0 saturated carbocycles. The lowest BCUT2D eigenvalue weighted by atomic mass is 10.1. The Labute approximate surface area is 155 Å². The highest BCUT2D eigenvalue weighted by molar-refractivity contribution is 9.11. The quantitative estimate of drug-likeness (QED) is 0.446. The molecule has 1 amide bonds. The van der Waals surface area contributed by atoms with Crippen LogP contribution in [0, 0.1) is 0 Å². The van der Waals surface area contributed by atoms with Gasteiger partial charge < -0.3 is 5.11 Å². The summed E-state index contributed by atoms with van der Waals surface area (Å²) in [5.74, 6) is -0.165. The second-order valence-electron chi connectivity index (χ2n) is 5.09. The zero-order valence-electron chi connectivity index (χ0n) is 12.3. The van der Waals surface area contributed by atoms with Crippen molar-refractivity contribution in [1.82, 2.24) is 5.43 Å². The number of halogens is 2. The molecule has 6 heteroatoms. The van der Waals surface area contributed by atoms with E-state index in [1.54, 1.807) is 18.2 Å². The fourth-order valence-corrected chi connectivity index (χ4v) is 3.44. The number of phenolic OH excluding ortho intramolecular Hbond substituents is 1. The molecule has 0 radical (unpaired) electrons. The van der Waals surface area contributed by atoms with Gasteiger partial charge in [0.15, 0.2) is 0 Å². The Morgan fingerprint density at radius 1 is 1.00 bits per heavy atom. The number of hydrazone groups is 1. The van der Waals surface area contributed by atoms with Crippen molar-refractivity contribution >= 4 is 54.8 Å². The van der Waals surface area contributed by atoms with Gasteiger partial charge in [-0.05, 0) is 72.5 Å². The Hall–Kier alpha value is -2.18. The summed E-state index contributed by atoms with van der Waals surface area (Å²) < 4.78 is 1.08. The normalized spacial score (nSPS) is 11.1. The first-order chi connectivity index (χ1) is 11.5. The average molecular weight is 448 g/mol. The SMILES string of the molecule is O=C(NN=Cc1cc(Br)c(O)c(Br)c1)c1ccc2ccccc2c1. The highest BCUT2D eigenvalue weighted by Crippen LogP contribution is 2.32. The summed E-state index contributed by atoms with van der Waals surface area (Å²) in [5.41, 5.74) is 3.77. The number of rotatable bonds is 3. The summed E-state index contributed by atoms with van der Waals surface area (Å²) in [6, 6.07) is 16.7. The van der Waals surface area contributed by atoms with E-state index in [9.17, 15) is 9.90 Å². The molecule has 0 fully saturated rings. The Bertz CT molecular complexity index is 932. The molecule has 120 valence electrons. The number of benzene rings is 3. The summed E-state index contributed by atoms with van der Waals surface area (Å²) in [4.78, 5) is 12.2. The maximum Gasteiger partial charge on any atom is 0.271 e. The number of aromatic hydroxyl groups is 1. The monoisotopic (exact) mass is 446 g/mol. The van der Waals surface area contributed by atoms with Crippen molar-refractivity contribution in [2.24, 2.45) is 5.10 Å². The molecule has 0 aliphatic rings. The number of carbonyl (C=O) groups is 1. The minimum atomic E-state index is -0.283. The molecule has 0 spiro atoms. The molecule has 0 saturated heterocycles. The minimum Gasteiger partial charge on any atom is -0.506 e. The van der Waals surface area contributed by atoms with Crippen molar-refractivity contribution < 1.29 is 9.90 Å². The number of carbonyl (C=O) groups excluding carboxylic acids is 1. The lowest BCUT2D eigenvalue weighted by Gasteiger charge is -2.03. The van der Waals surface area contributed by atoms with Crippen molar-refractivity contribution in [3.05, 3.63) is 74.7 Å². The van der Waals surface area contributed by atoms with Crippen LogP contribution in [0.25, 0.3) is 10.8 Å². The van der Waals surface area contributed by atoms with Crippen LogP contribution >= 0.6 is 31.9 Å². The van der Waals surface area contributed by atoms with Gasteiger partial charge in [0.1, 0.15) is 5.75 Å². The third kappa shape index (κ3) is 3.66. The average Bonchev–Trinajstić information content (AvgIpc) is 2.59. The smallest absolute Gasteiger partial charge is 0.271 e. The first kappa shape index (κ1) is 16.7. The van der Waals surface area contributed by atoms with Crippen molar-refractivity contribution in [3.63, 3.8) is 0 Å².